The van der Waals surface area contributed by atoms with Gasteiger partial charge in [-0.3, -0.25) is 0 Å². The summed E-state index contributed by atoms with van der Waals surface area (Å²) in [7, 11) is 1.73. The summed E-state index contributed by atoms with van der Waals surface area (Å²) in [4.78, 5) is 23.3. The summed E-state index contributed by atoms with van der Waals surface area (Å²) >= 11 is 0. The zero-order valence-corrected chi connectivity index (χ0v) is 19.5. The number of aromatic nitrogens is 4. The molecule has 1 aliphatic rings. The van der Waals surface area contributed by atoms with Gasteiger partial charge in [0.2, 0.25) is 5.95 Å². The zero-order chi connectivity index (χ0) is 23.5. The lowest BCUT2D eigenvalue weighted by Gasteiger charge is -2.34. The normalized spacial score (nSPS) is 14.9. The van der Waals surface area contributed by atoms with Gasteiger partial charge < -0.3 is 14.4 Å². The number of halogens is 1. The second-order valence-electron chi connectivity index (χ2n) is 8.62. The van der Waals surface area contributed by atoms with Crippen LogP contribution in [0.2, 0.25) is 0 Å². The second-order valence-corrected chi connectivity index (χ2v) is 8.62. The van der Waals surface area contributed by atoms with Crippen LogP contribution in [0.25, 0.3) is 16.7 Å². The Morgan fingerprint density at radius 1 is 1.27 bits per heavy atom. The Balaban J connectivity index is 1.90. The number of hydrogen-bond donors (Lipinski definition) is 0. The van der Waals surface area contributed by atoms with Crippen molar-refractivity contribution >= 4 is 22.7 Å². The van der Waals surface area contributed by atoms with Crippen molar-refractivity contribution in [3.05, 3.63) is 41.7 Å². The predicted molar refractivity (Wildman–Crippen MR) is 123 cm³/mol. The quantitative estimate of drug-likeness (QED) is 0.392. The zero-order valence-electron chi connectivity index (χ0n) is 19.5. The van der Waals surface area contributed by atoms with E-state index in [-0.39, 0.29) is 18.2 Å². The molecule has 0 aromatic carbocycles. The summed E-state index contributed by atoms with van der Waals surface area (Å²) in [5.41, 5.74) is 2.97. The molecule has 33 heavy (non-hydrogen) atoms. The molecule has 0 bridgehead atoms. The molecule has 9 heteroatoms. The van der Waals surface area contributed by atoms with Crippen LogP contribution in [0.3, 0.4) is 0 Å². The molecule has 1 fully saturated rings. The average molecular weight is 456 g/mol. The van der Waals surface area contributed by atoms with Crippen molar-refractivity contribution in [1.29, 1.82) is 0 Å². The number of methoxy groups -OCH3 is 1. The number of carbonyl (C=O) groups is 1. The number of anilines is 1. The molecule has 8 nitrogen and oxygen atoms in total. The molecule has 0 amide bonds. The lowest BCUT2D eigenvalue weighted by Crippen LogP contribution is -2.35. The van der Waals surface area contributed by atoms with E-state index < -0.39 is 11.9 Å². The number of rotatable bonds is 7. The molecule has 1 aliphatic heterocycles. The number of carbonyl (C=O) groups excluding carboxylic acids is 1. The van der Waals surface area contributed by atoms with Crippen molar-refractivity contribution < 1.29 is 18.7 Å². The van der Waals surface area contributed by atoms with Crippen LogP contribution in [-0.2, 0) is 9.47 Å². The van der Waals surface area contributed by atoms with Crippen LogP contribution in [0.1, 0.15) is 55.7 Å². The van der Waals surface area contributed by atoms with Crippen molar-refractivity contribution in [2.45, 2.75) is 39.5 Å². The van der Waals surface area contributed by atoms with Crippen LogP contribution in [0.5, 0.6) is 0 Å². The van der Waals surface area contributed by atoms with Crippen molar-refractivity contribution in [3.8, 4) is 5.69 Å². The summed E-state index contributed by atoms with van der Waals surface area (Å²) < 4.78 is 26.1. The predicted octanol–water partition coefficient (Wildman–Crippen LogP) is 4.12. The smallest absolute Gasteiger partial charge is 0.357 e. The maximum absolute atomic E-state index is 13.9. The fourth-order valence-corrected chi connectivity index (χ4v) is 4.37. The maximum atomic E-state index is 13.9. The van der Waals surface area contributed by atoms with Gasteiger partial charge in [0.1, 0.15) is 0 Å². The van der Waals surface area contributed by atoms with E-state index >= 15 is 0 Å². The Kier molecular flexibility index (Phi) is 6.88. The number of piperidine rings is 1. The van der Waals surface area contributed by atoms with E-state index in [2.05, 4.69) is 28.7 Å². The molecule has 176 valence electrons. The van der Waals surface area contributed by atoms with Crippen molar-refractivity contribution in [2.75, 3.05) is 38.3 Å². The highest BCUT2D eigenvalue weighted by Crippen LogP contribution is 2.36. The molecule has 0 atom stereocenters. The molecule has 0 unspecified atom stereocenters. The highest BCUT2D eigenvalue weighted by molar-refractivity contribution is 5.99. The molecule has 0 radical (unpaired) electrons. The third-order valence-electron chi connectivity index (χ3n) is 5.99. The van der Waals surface area contributed by atoms with E-state index in [9.17, 15) is 9.18 Å². The van der Waals surface area contributed by atoms with Crippen LogP contribution < -0.4 is 4.90 Å². The Morgan fingerprint density at radius 3 is 2.67 bits per heavy atom. The van der Waals surface area contributed by atoms with E-state index in [1.807, 2.05) is 6.07 Å². The minimum atomic E-state index is -0.607. The molecule has 0 N–H and O–H groups in total. The molecule has 0 spiro atoms. The van der Waals surface area contributed by atoms with Crippen molar-refractivity contribution in [2.24, 2.45) is 5.92 Å². The third-order valence-corrected chi connectivity index (χ3v) is 5.99. The standard InChI is InChI=1S/C24H30FN5O3/c1-5-33-24(31)18-13-19(29-10-7-16(8-11-29)14-32-4)21-22(15(2)3)28-30(23(21)27-18)17-6-9-26-20(25)12-17/h6,9,12-13,15-16H,5,7-8,10-11,14H2,1-4H3. The number of fused-ring (bicyclic) bond motifs is 1. The summed E-state index contributed by atoms with van der Waals surface area (Å²) in [6, 6.07) is 4.79. The largest absolute Gasteiger partial charge is 0.461 e. The molecule has 3 aromatic heterocycles. The highest BCUT2D eigenvalue weighted by Gasteiger charge is 2.27. The van der Waals surface area contributed by atoms with Gasteiger partial charge in [-0.05, 0) is 43.7 Å². The van der Waals surface area contributed by atoms with Gasteiger partial charge >= 0.3 is 5.97 Å². The first-order chi connectivity index (χ1) is 15.9. The summed E-state index contributed by atoms with van der Waals surface area (Å²) in [6.45, 7) is 8.56. The summed E-state index contributed by atoms with van der Waals surface area (Å²) in [6.07, 6.45) is 3.38. The van der Waals surface area contributed by atoms with Crippen LogP contribution in [0.15, 0.2) is 24.4 Å². The van der Waals surface area contributed by atoms with E-state index in [1.54, 1.807) is 24.8 Å². The summed E-state index contributed by atoms with van der Waals surface area (Å²) in [5.74, 6) is -0.487. The van der Waals surface area contributed by atoms with Crippen LogP contribution in [-0.4, -0.2) is 59.1 Å². The molecule has 4 heterocycles. The fraction of sp³-hybridized carbons (Fsp3) is 0.500. The van der Waals surface area contributed by atoms with Gasteiger partial charge in [0.15, 0.2) is 11.3 Å². The van der Waals surface area contributed by atoms with E-state index in [0.717, 1.165) is 49.3 Å². The van der Waals surface area contributed by atoms with Gasteiger partial charge in [-0.15, -0.1) is 0 Å². The van der Waals surface area contributed by atoms with Gasteiger partial charge in [0, 0.05) is 39.1 Å². The molecule has 0 aliphatic carbocycles. The van der Waals surface area contributed by atoms with Crippen molar-refractivity contribution in [1.82, 2.24) is 19.7 Å². The number of ether oxygens (including phenoxy) is 2. The number of pyridine rings is 2. The lowest BCUT2D eigenvalue weighted by atomic mass is 9.96. The molecule has 0 saturated carbocycles. The van der Waals surface area contributed by atoms with Crippen LogP contribution in [0.4, 0.5) is 10.1 Å². The Bertz CT molecular complexity index is 1140. The van der Waals surface area contributed by atoms with Gasteiger partial charge in [-0.25, -0.2) is 19.4 Å². The highest BCUT2D eigenvalue weighted by atomic mass is 19.1. The minimum Gasteiger partial charge on any atom is -0.461 e. The first-order valence-electron chi connectivity index (χ1n) is 11.4. The van der Waals surface area contributed by atoms with Gasteiger partial charge in [-0.2, -0.15) is 9.49 Å². The fourth-order valence-electron chi connectivity index (χ4n) is 4.37. The topological polar surface area (TPSA) is 82.4 Å². The molecule has 4 rings (SSSR count). The number of esters is 1. The molecular formula is C24H30FN5O3. The Labute approximate surface area is 192 Å². The molecule has 1 saturated heterocycles. The summed E-state index contributed by atoms with van der Waals surface area (Å²) in [5, 5.41) is 5.68. The van der Waals surface area contributed by atoms with Crippen LogP contribution >= 0.6 is 0 Å². The lowest BCUT2D eigenvalue weighted by molar-refractivity contribution is 0.0520. The van der Waals surface area contributed by atoms with E-state index in [1.165, 1.54) is 12.3 Å². The SMILES string of the molecule is CCOC(=O)c1cc(N2CCC(COC)CC2)c2c(C(C)C)nn(-c3ccnc(F)c3)c2n1. The van der Waals surface area contributed by atoms with E-state index in [0.29, 0.717) is 17.3 Å². The Morgan fingerprint density at radius 2 is 2.03 bits per heavy atom. The van der Waals surface area contributed by atoms with Gasteiger partial charge in [0.05, 0.1) is 29.1 Å². The monoisotopic (exact) mass is 455 g/mol. The first-order valence-corrected chi connectivity index (χ1v) is 11.4. The van der Waals surface area contributed by atoms with E-state index in [4.69, 9.17) is 14.6 Å². The Hall–Kier alpha value is -3.07. The van der Waals surface area contributed by atoms with Gasteiger partial charge in [0.25, 0.3) is 0 Å². The minimum absolute atomic E-state index is 0.0976. The third kappa shape index (κ3) is 4.68. The van der Waals surface area contributed by atoms with Crippen molar-refractivity contribution in [3.63, 3.8) is 0 Å². The first kappa shape index (κ1) is 23.1. The molecule has 3 aromatic rings. The van der Waals surface area contributed by atoms with Crippen LogP contribution in [0, 0.1) is 11.9 Å². The second kappa shape index (κ2) is 9.82. The molecular weight excluding hydrogens is 425 g/mol. The van der Waals surface area contributed by atoms with Gasteiger partial charge in [-0.1, -0.05) is 13.8 Å². The average Bonchev–Trinajstić information content (AvgIpc) is 3.19. The number of hydrogen-bond acceptors (Lipinski definition) is 7. The number of nitrogens with zero attached hydrogens (tertiary/aromatic N) is 5. The maximum Gasteiger partial charge on any atom is 0.357 e.